The topological polar surface area (TPSA) is 140 Å². The molecule has 0 saturated heterocycles. The number of pyridine rings is 8. The number of rotatable bonds is 4. The first-order chi connectivity index (χ1) is 47.9. The first-order valence-corrected chi connectivity index (χ1v) is 33.5. The molecule has 11 aromatic rings. The monoisotopic (exact) mass is 2050 g/mol. The molecule has 0 atom stereocenters. The summed E-state index contributed by atoms with van der Waals surface area (Å²) in [5, 5.41) is 0. The highest BCUT2D eigenvalue weighted by Gasteiger charge is 2.24. The van der Waals surface area contributed by atoms with Crippen LogP contribution in [0.2, 0.25) is 0 Å². The molecule has 0 saturated carbocycles. The second kappa shape index (κ2) is 43.5. The fourth-order valence-electron chi connectivity index (χ4n) is 6.45. The second-order valence-electron chi connectivity index (χ2n) is 18.1. The zero-order chi connectivity index (χ0) is 73.3. The maximum absolute atomic E-state index is 12.6. The van der Waals surface area contributed by atoms with Gasteiger partial charge in [-0.15, -0.1) is 0 Å². The predicted molar refractivity (Wildman–Crippen MR) is 399 cm³/mol. The summed E-state index contributed by atoms with van der Waals surface area (Å²) in [5.41, 5.74) is 6.81. The molecule has 30 heteroatoms. The van der Waals surface area contributed by atoms with Gasteiger partial charge in [-0.1, -0.05) is 47.4 Å². The van der Waals surface area contributed by atoms with Crippen molar-refractivity contribution in [1.29, 1.82) is 0 Å². The molecular formula is C70H40F12I6N8O4. The van der Waals surface area contributed by atoms with Crippen LogP contribution in [0.5, 0.6) is 23.0 Å². The Morgan fingerprint density at radius 3 is 0.520 bits per heavy atom. The van der Waals surface area contributed by atoms with Crippen LogP contribution in [0.4, 0.5) is 52.7 Å². The average Bonchev–Trinajstić information content (AvgIpc) is 0.821. The van der Waals surface area contributed by atoms with Crippen LogP contribution in [0.3, 0.4) is 0 Å². The first kappa shape index (κ1) is 82.5. The van der Waals surface area contributed by atoms with Gasteiger partial charge in [0.1, 0.15) is 23.0 Å². The number of benzene rings is 3. The largest absolute Gasteiger partial charge is 0.495 e. The standard InChI is InChI=1S/4C13H10N2O.3C6F4I2/c4*1-16-13-7-12(9-15-10-13)5-4-11-3-2-6-14-8-11;3*7-1-2(8)6(12)4(10)3(9)5(1)11/h4*2-3,6-10H,1H3;;;. The third kappa shape index (κ3) is 26.4. The Morgan fingerprint density at radius 2 is 0.380 bits per heavy atom. The van der Waals surface area contributed by atoms with Crippen molar-refractivity contribution in [1.82, 2.24) is 39.9 Å². The number of nitrogens with zero attached hydrogens (tertiary/aromatic N) is 8. The number of methoxy groups -OCH3 is 4. The number of halogens is 18. The van der Waals surface area contributed by atoms with Gasteiger partial charge in [0, 0.05) is 119 Å². The van der Waals surface area contributed by atoms with Gasteiger partial charge >= 0.3 is 0 Å². The lowest BCUT2D eigenvalue weighted by Crippen LogP contribution is -2.02. The van der Waals surface area contributed by atoms with Gasteiger partial charge in [0.05, 0.1) is 74.6 Å². The van der Waals surface area contributed by atoms with E-state index in [0.717, 1.165) is 44.5 Å². The maximum Gasteiger partial charge on any atom is 0.176 e. The van der Waals surface area contributed by atoms with E-state index in [1.807, 2.05) is 72.8 Å². The van der Waals surface area contributed by atoms with Crippen LogP contribution in [0, 0.1) is 139 Å². The Kier molecular flexibility index (Phi) is 35.9. The molecule has 0 aliphatic carbocycles. The van der Waals surface area contributed by atoms with Crippen molar-refractivity contribution in [2.24, 2.45) is 0 Å². The van der Waals surface area contributed by atoms with E-state index in [9.17, 15) is 52.7 Å². The highest BCUT2D eigenvalue weighted by atomic mass is 127. The Morgan fingerprint density at radius 1 is 0.230 bits per heavy atom. The third-order valence-electron chi connectivity index (χ3n) is 11.3. The third-order valence-corrected chi connectivity index (χ3v) is 17.0. The van der Waals surface area contributed by atoms with Gasteiger partial charge < -0.3 is 18.9 Å². The molecule has 0 aliphatic rings. The van der Waals surface area contributed by atoms with E-state index in [0.29, 0.717) is 23.0 Å². The molecule has 0 aliphatic heterocycles. The van der Waals surface area contributed by atoms with Crippen molar-refractivity contribution >= 4 is 136 Å². The molecule has 510 valence electrons. The number of hydrogen-bond acceptors (Lipinski definition) is 12. The van der Waals surface area contributed by atoms with E-state index >= 15 is 0 Å². The van der Waals surface area contributed by atoms with Crippen LogP contribution in [0.15, 0.2) is 172 Å². The van der Waals surface area contributed by atoms with Crippen LogP contribution in [-0.4, -0.2) is 68.3 Å². The van der Waals surface area contributed by atoms with Crippen molar-refractivity contribution < 1.29 is 71.6 Å². The van der Waals surface area contributed by atoms with Crippen LogP contribution in [0.25, 0.3) is 0 Å². The Hall–Kier alpha value is -8.16. The summed E-state index contributed by atoms with van der Waals surface area (Å²) >= 11 is 7.22. The fourth-order valence-corrected chi connectivity index (χ4v) is 9.30. The quantitative estimate of drug-likeness (QED) is 0.0545. The van der Waals surface area contributed by atoms with Gasteiger partial charge in [-0.05, 0) is 208 Å². The summed E-state index contributed by atoms with van der Waals surface area (Å²) in [4.78, 5) is 32.0. The van der Waals surface area contributed by atoms with Crippen LogP contribution in [-0.2, 0) is 0 Å². The summed E-state index contributed by atoms with van der Waals surface area (Å²) in [6.45, 7) is 0. The van der Waals surface area contributed by atoms with E-state index in [2.05, 4.69) is 87.2 Å². The SMILES string of the molecule is COc1cncc(C#Cc2cccnc2)c1.COc1cncc(C#Cc2cccnc2)c1.COc1cncc(C#Cc2cccnc2)c1.COc1cncc(C#Cc2cccnc2)c1.Fc1c(F)c(I)c(F)c(F)c1I.Fc1c(F)c(I)c(F)c(F)c1I.Fc1c(F)c(I)c(F)c(F)c1I. The summed E-state index contributed by atoms with van der Waals surface area (Å²) < 4.78 is 168. The van der Waals surface area contributed by atoms with E-state index < -0.39 is 91.2 Å². The van der Waals surface area contributed by atoms with Gasteiger partial charge in [0.2, 0.25) is 0 Å². The molecule has 0 N–H and O–H groups in total. The van der Waals surface area contributed by atoms with Gasteiger partial charge in [-0.3, -0.25) is 39.9 Å². The van der Waals surface area contributed by atoms with E-state index in [1.165, 1.54) is 136 Å². The van der Waals surface area contributed by atoms with Crippen molar-refractivity contribution in [3.63, 3.8) is 0 Å². The lowest BCUT2D eigenvalue weighted by Gasteiger charge is -2.02. The zero-order valence-corrected chi connectivity index (χ0v) is 64.1. The predicted octanol–water partition coefficient (Wildman–Crippen LogP) is 17.9. The normalized spacial score (nSPS) is 9.58. The van der Waals surface area contributed by atoms with Crippen molar-refractivity contribution in [3.05, 3.63) is 308 Å². The smallest absolute Gasteiger partial charge is 0.176 e. The summed E-state index contributed by atoms with van der Waals surface area (Å²) in [5.74, 6) is 10.7. The highest BCUT2D eigenvalue weighted by molar-refractivity contribution is 14.1. The molecule has 3 aromatic carbocycles. The van der Waals surface area contributed by atoms with Crippen molar-refractivity contribution in [3.8, 4) is 70.4 Å². The number of ether oxygens (including phenoxy) is 4. The molecule has 8 heterocycles. The molecule has 0 bridgehead atoms. The minimum Gasteiger partial charge on any atom is -0.495 e. The molecular weight excluding hydrogens is 2010 g/mol. The second-order valence-corrected chi connectivity index (χ2v) is 24.5. The Labute approximate surface area is 646 Å². The molecule has 100 heavy (non-hydrogen) atoms. The minimum atomic E-state index is -1.35. The van der Waals surface area contributed by atoms with Crippen molar-refractivity contribution in [2.45, 2.75) is 0 Å². The van der Waals surface area contributed by atoms with E-state index in [1.54, 1.807) is 128 Å². The average molecular weight is 2050 g/mol. The lowest BCUT2D eigenvalue weighted by atomic mass is 10.2. The molecule has 12 nitrogen and oxygen atoms in total. The zero-order valence-electron chi connectivity index (χ0n) is 51.2. The van der Waals surface area contributed by atoms with Crippen LogP contribution >= 0.6 is 136 Å². The van der Waals surface area contributed by atoms with Crippen LogP contribution in [0.1, 0.15) is 44.5 Å². The molecule has 0 fully saturated rings. The molecule has 0 unspecified atom stereocenters. The van der Waals surface area contributed by atoms with Gasteiger partial charge in [0.25, 0.3) is 0 Å². The molecule has 0 spiro atoms. The summed E-state index contributed by atoms with van der Waals surface area (Å²) in [7, 11) is 6.43. The van der Waals surface area contributed by atoms with Gasteiger partial charge in [-0.25, -0.2) is 52.7 Å². The Bertz CT molecular complexity index is 3960. The fraction of sp³-hybridized carbons (Fsp3) is 0.0571. The first-order valence-electron chi connectivity index (χ1n) is 27.1. The lowest BCUT2D eigenvalue weighted by molar-refractivity contribution is 0.412. The Balaban J connectivity index is 0.000000211. The van der Waals surface area contributed by atoms with Gasteiger partial charge in [0.15, 0.2) is 69.8 Å². The molecule has 11 rings (SSSR count). The molecule has 8 aromatic heterocycles. The summed E-state index contributed by atoms with van der Waals surface area (Å²) in [6.07, 6.45) is 27.2. The maximum atomic E-state index is 12.6. The van der Waals surface area contributed by atoms with Gasteiger partial charge in [-0.2, -0.15) is 0 Å². The number of hydrogen-bond donors (Lipinski definition) is 0. The summed E-state index contributed by atoms with van der Waals surface area (Å²) in [6, 6.07) is 22.4. The number of aromatic nitrogens is 8. The minimum absolute atomic E-state index is 0.664. The molecule has 0 radical (unpaired) electrons. The highest BCUT2D eigenvalue weighted by Crippen LogP contribution is 2.29. The van der Waals surface area contributed by atoms with E-state index in [-0.39, 0.29) is 0 Å². The molecule has 0 amide bonds. The van der Waals surface area contributed by atoms with E-state index in [4.69, 9.17) is 18.9 Å². The van der Waals surface area contributed by atoms with Crippen molar-refractivity contribution in [2.75, 3.05) is 28.4 Å². The van der Waals surface area contributed by atoms with Crippen LogP contribution < -0.4 is 18.9 Å².